The van der Waals surface area contributed by atoms with Crippen molar-refractivity contribution >= 4 is 45.6 Å². The zero-order valence-electron chi connectivity index (χ0n) is 17.9. The third-order valence-corrected chi connectivity index (χ3v) is 5.99. The molecule has 0 aliphatic rings. The Kier molecular flexibility index (Phi) is 6.25. The van der Waals surface area contributed by atoms with Gasteiger partial charge in [0.25, 0.3) is 5.91 Å². The molecule has 3 aromatic carbocycles. The normalized spacial score (nSPS) is 11.0. The van der Waals surface area contributed by atoms with E-state index in [-0.39, 0.29) is 18.3 Å². The van der Waals surface area contributed by atoms with Crippen LogP contribution in [-0.2, 0) is 13.2 Å². The van der Waals surface area contributed by atoms with Crippen LogP contribution in [0.2, 0.25) is 10.0 Å². The summed E-state index contributed by atoms with van der Waals surface area (Å²) in [7, 11) is 0. The van der Waals surface area contributed by atoms with E-state index >= 15 is 0 Å². The molecular formula is C26H19Cl2N3O3. The molecular weight excluding hydrogens is 473 g/mol. The van der Waals surface area contributed by atoms with Gasteiger partial charge in [0, 0.05) is 27.2 Å². The topological polar surface area (TPSA) is 69.3 Å². The van der Waals surface area contributed by atoms with E-state index in [1.807, 2.05) is 42.5 Å². The molecule has 0 aliphatic carbocycles. The minimum absolute atomic E-state index is 0.179. The number of hydrogen-bond donors (Lipinski definition) is 1. The molecule has 0 aliphatic heterocycles. The number of carbonyl (C=O) groups excluding carboxylic acids is 1. The van der Waals surface area contributed by atoms with Gasteiger partial charge in [0.05, 0.1) is 18.4 Å². The molecule has 0 radical (unpaired) electrons. The number of nitrogens with zero attached hydrogens (tertiary/aromatic N) is 2. The smallest absolute Gasteiger partial charge is 0.291 e. The second kappa shape index (κ2) is 9.63. The Balaban J connectivity index is 1.21. The number of amides is 1. The zero-order chi connectivity index (χ0) is 23.5. The number of furan rings is 1. The lowest BCUT2D eigenvalue weighted by Crippen LogP contribution is -2.10. The molecule has 1 amide bonds. The number of rotatable bonds is 7. The number of fused-ring (bicyclic) bond motifs is 1. The minimum atomic E-state index is -0.383. The lowest BCUT2D eigenvalue weighted by molar-refractivity contribution is 0.0992. The molecule has 5 aromatic rings. The van der Waals surface area contributed by atoms with E-state index in [0.717, 1.165) is 22.1 Å². The van der Waals surface area contributed by atoms with Crippen LogP contribution in [0.4, 0.5) is 5.69 Å². The molecule has 5 rings (SSSR count). The molecule has 2 aromatic heterocycles. The van der Waals surface area contributed by atoms with Gasteiger partial charge in [-0.1, -0.05) is 65.7 Å². The molecule has 6 nitrogen and oxygen atoms in total. The summed E-state index contributed by atoms with van der Waals surface area (Å²) in [5.41, 5.74) is 1.28. The van der Waals surface area contributed by atoms with Crippen molar-refractivity contribution in [2.24, 2.45) is 0 Å². The Morgan fingerprint density at radius 3 is 2.59 bits per heavy atom. The van der Waals surface area contributed by atoms with Crippen LogP contribution in [0.5, 0.6) is 5.75 Å². The van der Waals surface area contributed by atoms with Gasteiger partial charge in [-0.2, -0.15) is 5.10 Å². The summed E-state index contributed by atoms with van der Waals surface area (Å²) in [6.07, 6.45) is 3.25. The first kappa shape index (κ1) is 22.1. The average molecular weight is 492 g/mol. The van der Waals surface area contributed by atoms with Crippen molar-refractivity contribution in [2.45, 2.75) is 13.2 Å². The van der Waals surface area contributed by atoms with Gasteiger partial charge in [0.2, 0.25) is 0 Å². The molecule has 170 valence electrons. The van der Waals surface area contributed by atoms with E-state index < -0.39 is 0 Å². The predicted octanol–water partition coefficient (Wildman–Crippen LogP) is 6.82. The molecule has 0 atom stereocenters. The predicted molar refractivity (Wildman–Crippen MR) is 133 cm³/mol. The molecule has 0 unspecified atom stereocenters. The highest BCUT2D eigenvalue weighted by atomic mass is 35.5. The van der Waals surface area contributed by atoms with Crippen LogP contribution < -0.4 is 10.1 Å². The largest absolute Gasteiger partial charge is 0.485 e. The Morgan fingerprint density at radius 1 is 0.971 bits per heavy atom. The summed E-state index contributed by atoms with van der Waals surface area (Å²) in [5.74, 6) is 1.10. The van der Waals surface area contributed by atoms with E-state index in [4.69, 9.17) is 32.4 Å². The van der Waals surface area contributed by atoms with E-state index in [1.54, 1.807) is 47.4 Å². The quantitative estimate of drug-likeness (QED) is 0.271. The number of nitrogens with one attached hydrogen (secondary N) is 1. The van der Waals surface area contributed by atoms with E-state index in [0.29, 0.717) is 28.0 Å². The summed E-state index contributed by atoms with van der Waals surface area (Å²) in [6.45, 7) is 0.586. The van der Waals surface area contributed by atoms with Crippen molar-refractivity contribution in [3.8, 4) is 5.75 Å². The third-order valence-electron chi connectivity index (χ3n) is 5.28. The highest BCUT2D eigenvalue weighted by Crippen LogP contribution is 2.27. The van der Waals surface area contributed by atoms with Crippen molar-refractivity contribution in [1.29, 1.82) is 0 Å². The van der Waals surface area contributed by atoms with Gasteiger partial charge in [-0.25, -0.2) is 0 Å². The fourth-order valence-corrected chi connectivity index (χ4v) is 4.12. The van der Waals surface area contributed by atoms with Crippen molar-refractivity contribution in [1.82, 2.24) is 9.78 Å². The SMILES string of the molecule is O=C(Nc1cnn(Cc2c(Cl)cccc2Cl)c1)c1ccc(COc2cccc3ccccc23)o1. The summed E-state index contributed by atoms with van der Waals surface area (Å²) in [4.78, 5) is 12.6. The van der Waals surface area contributed by atoms with Gasteiger partial charge < -0.3 is 14.5 Å². The Bertz CT molecular complexity index is 1450. The summed E-state index contributed by atoms with van der Waals surface area (Å²) in [5, 5.41) is 10.3. The minimum Gasteiger partial charge on any atom is -0.485 e. The monoisotopic (exact) mass is 491 g/mol. The Labute approximate surface area is 205 Å². The first-order chi connectivity index (χ1) is 16.6. The molecule has 0 fully saturated rings. The van der Waals surface area contributed by atoms with Gasteiger partial charge in [0.15, 0.2) is 5.76 Å². The molecule has 0 saturated carbocycles. The van der Waals surface area contributed by atoms with Gasteiger partial charge in [-0.3, -0.25) is 9.48 Å². The standard InChI is InChI=1S/C26H19Cl2N3O3/c27-22-8-4-9-23(28)21(22)15-31-14-18(13-29-31)30-26(32)25-12-11-19(34-25)16-33-24-10-3-6-17-5-1-2-7-20(17)24/h1-14H,15-16H2,(H,30,32). The molecule has 0 spiro atoms. The summed E-state index contributed by atoms with van der Waals surface area (Å²) >= 11 is 12.5. The first-order valence-electron chi connectivity index (χ1n) is 10.5. The maximum Gasteiger partial charge on any atom is 0.291 e. The molecule has 1 N–H and O–H groups in total. The fraction of sp³-hybridized carbons (Fsp3) is 0.0769. The summed E-state index contributed by atoms with van der Waals surface area (Å²) in [6, 6.07) is 22.5. The number of halogens is 2. The molecule has 0 bridgehead atoms. The van der Waals surface area contributed by atoms with Crippen LogP contribution >= 0.6 is 23.2 Å². The molecule has 8 heteroatoms. The highest BCUT2D eigenvalue weighted by Gasteiger charge is 2.14. The fourth-order valence-electron chi connectivity index (χ4n) is 3.60. The van der Waals surface area contributed by atoms with E-state index in [1.165, 1.54) is 0 Å². The van der Waals surface area contributed by atoms with Crippen LogP contribution in [0.3, 0.4) is 0 Å². The molecule has 2 heterocycles. The maximum atomic E-state index is 12.6. The second-order valence-electron chi connectivity index (χ2n) is 7.61. The second-order valence-corrected chi connectivity index (χ2v) is 8.43. The average Bonchev–Trinajstić information content (AvgIpc) is 3.50. The third kappa shape index (κ3) is 4.78. The van der Waals surface area contributed by atoms with Gasteiger partial charge >= 0.3 is 0 Å². The van der Waals surface area contributed by atoms with Crippen LogP contribution in [0.25, 0.3) is 10.8 Å². The summed E-state index contributed by atoms with van der Waals surface area (Å²) < 4.78 is 13.3. The zero-order valence-corrected chi connectivity index (χ0v) is 19.4. The van der Waals surface area contributed by atoms with Gasteiger partial charge in [-0.15, -0.1) is 0 Å². The molecule has 0 saturated heterocycles. The van der Waals surface area contributed by atoms with E-state index in [2.05, 4.69) is 10.4 Å². The molecule has 34 heavy (non-hydrogen) atoms. The van der Waals surface area contributed by atoms with Crippen LogP contribution in [0, 0.1) is 0 Å². The first-order valence-corrected chi connectivity index (χ1v) is 11.3. The Hall–Kier alpha value is -3.74. The highest BCUT2D eigenvalue weighted by molar-refractivity contribution is 6.36. The van der Waals surface area contributed by atoms with Crippen LogP contribution in [0.1, 0.15) is 21.9 Å². The van der Waals surface area contributed by atoms with E-state index in [9.17, 15) is 4.79 Å². The maximum absolute atomic E-state index is 12.6. The number of ether oxygens (including phenoxy) is 1. The number of aromatic nitrogens is 2. The number of benzene rings is 3. The lowest BCUT2D eigenvalue weighted by atomic mass is 10.1. The lowest BCUT2D eigenvalue weighted by Gasteiger charge is -2.08. The van der Waals surface area contributed by atoms with Crippen LogP contribution in [-0.4, -0.2) is 15.7 Å². The van der Waals surface area contributed by atoms with Crippen LogP contribution in [0.15, 0.2) is 89.6 Å². The number of carbonyl (C=O) groups is 1. The van der Waals surface area contributed by atoms with Crippen molar-refractivity contribution < 1.29 is 13.9 Å². The Morgan fingerprint density at radius 2 is 1.74 bits per heavy atom. The van der Waals surface area contributed by atoms with Crippen molar-refractivity contribution in [2.75, 3.05) is 5.32 Å². The van der Waals surface area contributed by atoms with Gasteiger partial charge in [0.1, 0.15) is 18.1 Å². The van der Waals surface area contributed by atoms with Gasteiger partial charge in [-0.05, 0) is 35.7 Å². The number of hydrogen-bond acceptors (Lipinski definition) is 4. The van der Waals surface area contributed by atoms with Crippen molar-refractivity contribution in [3.05, 3.63) is 112 Å². The van der Waals surface area contributed by atoms with Crippen molar-refractivity contribution in [3.63, 3.8) is 0 Å². The number of anilines is 1.